The molecule has 9 heteroatoms. The van der Waals surface area contributed by atoms with Crippen LogP contribution in [0.5, 0.6) is 0 Å². The molecule has 1 fully saturated rings. The molecule has 0 spiro atoms. The second-order valence-electron chi connectivity index (χ2n) is 6.51. The van der Waals surface area contributed by atoms with E-state index in [4.69, 9.17) is 0 Å². The fourth-order valence-electron chi connectivity index (χ4n) is 2.92. The lowest BCUT2D eigenvalue weighted by atomic mass is 9.92. The third kappa shape index (κ3) is 3.81. The number of imide groups is 1. The van der Waals surface area contributed by atoms with Crippen molar-refractivity contribution in [3.8, 4) is 0 Å². The number of amides is 4. The molecule has 0 bridgehead atoms. The zero-order valence-corrected chi connectivity index (χ0v) is 14.9. The molecule has 0 aliphatic carbocycles. The fraction of sp³-hybridized carbons (Fsp3) is 0.471. The summed E-state index contributed by atoms with van der Waals surface area (Å²) in [4.78, 5) is 48.1. The van der Waals surface area contributed by atoms with E-state index in [2.05, 4.69) is 10.6 Å². The topological polar surface area (TPSA) is 122 Å². The van der Waals surface area contributed by atoms with E-state index in [1.54, 1.807) is 0 Å². The van der Waals surface area contributed by atoms with Crippen LogP contribution in [-0.2, 0) is 15.1 Å². The Bertz CT molecular complexity index is 733. The van der Waals surface area contributed by atoms with Crippen LogP contribution in [0.15, 0.2) is 24.3 Å². The van der Waals surface area contributed by atoms with Crippen molar-refractivity contribution in [1.82, 2.24) is 15.5 Å². The van der Waals surface area contributed by atoms with Crippen molar-refractivity contribution >= 4 is 23.5 Å². The van der Waals surface area contributed by atoms with Crippen molar-refractivity contribution in [2.24, 2.45) is 0 Å². The molecule has 1 saturated heterocycles. The van der Waals surface area contributed by atoms with Crippen LogP contribution >= 0.6 is 0 Å². The van der Waals surface area contributed by atoms with E-state index in [0.29, 0.717) is 5.56 Å². The number of nitrogens with zero attached hydrogens (tertiary/aromatic N) is 2. The Morgan fingerprint density at radius 3 is 2.50 bits per heavy atom. The smallest absolute Gasteiger partial charge is 0.325 e. The Morgan fingerprint density at radius 2 is 1.96 bits per heavy atom. The molecule has 2 unspecified atom stereocenters. The van der Waals surface area contributed by atoms with Crippen molar-refractivity contribution in [3.63, 3.8) is 0 Å². The van der Waals surface area contributed by atoms with Gasteiger partial charge in [-0.3, -0.25) is 24.6 Å². The van der Waals surface area contributed by atoms with Crippen molar-refractivity contribution < 1.29 is 19.3 Å². The van der Waals surface area contributed by atoms with Crippen LogP contribution in [-0.4, -0.2) is 40.3 Å². The highest BCUT2D eigenvalue weighted by Crippen LogP contribution is 2.29. The summed E-state index contributed by atoms with van der Waals surface area (Å²) in [6.45, 7) is 4.98. The Hall–Kier alpha value is -2.97. The molecule has 26 heavy (non-hydrogen) atoms. The number of hydrogen-bond donors (Lipinski definition) is 2. The van der Waals surface area contributed by atoms with Crippen molar-refractivity contribution in [1.29, 1.82) is 0 Å². The number of carbonyl (C=O) groups excluding carboxylic acids is 3. The van der Waals surface area contributed by atoms with E-state index in [1.165, 1.54) is 31.2 Å². The molecule has 1 aliphatic heterocycles. The molecule has 1 aliphatic rings. The van der Waals surface area contributed by atoms with Crippen LogP contribution < -0.4 is 10.6 Å². The van der Waals surface area contributed by atoms with Crippen molar-refractivity contribution in [2.45, 2.75) is 45.2 Å². The number of carbonyl (C=O) groups is 3. The fourth-order valence-corrected chi connectivity index (χ4v) is 2.92. The van der Waals surface area contributed by atoms with Gasteiger partial charge in [0.1, 0.15) is 12.1 Å². The lowest BCUT2D eigenvalue weighted by Gasteiger charge is -2.22. The monoisotopic (exact) mass is 362 g/mol. The van der Waals surface area contributed by atoms with E-state index < -0.39 is 28.3 Å². The number of hydrogen-bond acceptors (Lipinski definition) is 5. The zero-order valence-electron chi connectivity index (χ0n) is 14.9. The first kappa shape index (κ1) is 19.4. The van der Waals surface area contributed by atoms with E-state index in [9.17, 15) is 24.5 Å². The summed E-state index contributed by atoms with van der Waals surface area (Å²) < 4.78 is 0. The van der Waals surface area contributed by atoms with Crippen LogP contribution in [0.4, 0.5) is 10.5 Å². The maximum Gasteiger partial charge on any atom is 0.325 e. The molecule has 4 amide bonds. The molecule has 2 N–H and O–H groups in total. The molecule has 2 atom stereocenters. The van der Waals surface area contributed by atoms with Gasteiger partial charge < -0.3 is 10.6 Å². The number of nitrogens with one attached hydrogen (secondary N) is 2. The van der Waals surface area contributed by atoms with Gasteiger partial charge in [0.15, 0.2) is 0 Å². The lowest BCUT2D eigenvalue weighted by Crippen LogP contribution is -2.44. The number of urea groups is 1. The molecule has 0 radical (unpaired) electrons. The lowest BCUT2D eigenvalue weighted by molar-refractivity contribution is -0.384. The Kier molecular flexibility index (Phi) is 5.59. The highest BCUT2D eigenvalue weighted by atomic mass is 16.6. The normalized spacial score (nSPS) is 20.7. The first-order chi connectivity index (χ1) is 12.2. The maximum atomic E-state index is 12.7. The average Bonchev–Trinajstić information content (AvgIpc) is 2.79. The van der Waals surface area contributed by atoms with Crippen LogP contribution in [0.3, 0.4) is 0 Å². The molecule has 140 valence electrons. The summed E-state index contributed by atoms with van der Waals surface area (Å²) in [5, 5.41) is 16.1. The molecule has 2 rings (SSSR count). The van der Waals surface area contributed by atoms with Gasteiger partial charge in [-0.2, -0.15) is 0 Å². The van der Waals surface area contributed by atoms with Gasteiger partial charge in [-0.1, -0.05) is 13.3 Å². The highest BCUT2D eigenvalue weighted by molar-refractivity contribution is 6.09. The minimum Gasteiger partial charge on any atom is -0.352 e. The number of benzene rings is 1. The maximum absolute atomic E-state index is 12.7. The van der Waals surface area contributed by atoms with Gasteiger partial charge in [0.05, 0.1) is 4.92 Å². The third-order valence-corrected chi connectivity index (χ3v) is 4.36. The third-order valence-electron chi connectivity index (χ3n) is 4.36. The molecular weight excluding hydrogens is 340 g/mol. The first-order valence-corrected chi connectivity index (χ1v) is 8.37. The molecule has 0 aromatic heterocycles. The molecule has 1 heterocycles. The number of nitro benzene ring substituents is 1. The molecule has 9 nitrogen and oxygen atoms in total. The standard InChI is InChI=1S/C17H22N4O5/c1-4-5-11(2)18-14(22)10-20-15(23)17(3,19-16(20)24)12-6-8-13(9-7-12)21(25)26/h6-9,11H,4-5,10H2,1-3H3,(H,18,22)(H,19,24). The number of rotatable bonds is 7. The number of nitro groups is 1. The Balaban J connectivity index is 2.14. The van der Waals surface area contributed by atoms with Gasteiger partial charge >= 0.3 is 6.03 Å². The van der Waals surface area contributed by atoms with Crippen LogP contribution in [0.25, 0.3) is 0 Å². The van der Waals surface area contributed by atoms with E-state index in [1.807, 2.05) is 13.8 Å². The second kappa shape index (κ2) is 7.51. The molecule has 1 aromatic carbocycles. The Morgan fingerprint density at radius 1 is 1.35 bits per heavy atom. The molecular formula is C17H22N4O5. The second-order valence-corrected chi connectivity index (χ2v) is 6.51. The summed E-state index contributed by atoms with van der Waals surface area (Å²) >= 11 is 0. The van der Waals surface area contributed by atoms with Crippen molar-refractivity contribution in [3.05, 3.63) is 39.9 Å². The van der Waals surface area contributed by atoms with Crippen molar-refractivity contribution in [2.75, 3.05) is 6.54 Å². The predicted molar refractivity (Wildman–Crippen MR) is 93.2 cm³/mol. The summed E-state index contributed by atoms with van der Waals surface area (Å²) in [7, 11) is 0. The largest absolute Gasteiger partial charge is 0.352 e. The summed E-state index contributed by atoms with van der Waals surface area (Å²) in [5.74, 6) is -0.989. The van der Waals surface area contributed by atoms with Gasteiger partial charge in [0, 0.05) is 18.2 Å². The van der Waals surface area contributed by atoms with Crippen LogP contribution in [0.1, 0.15) is 39.2 Å². The first-order valence-electron chi connectivity index (χ1n) is 8.37. The minimum absolute atomic E-state index is 0.0469. The van der Waals surface area contributed by atoms with Gasteiger partial charge in [-0.25, -0.2) is 4.79 Å². The molecule has 1 aromatic rings. The quantitative estimate of drug-likeness (QED) is 0.434. The van der Waals surface area contributed by atoms with E-state index in [0.717, 1.165) is 17.7 Å². The van der Waals surface area contributed by atoms with Gasteiger partial charge in [-0.05, 0) is 38.0 Å². The average molecular weight is 362 g/mol. The van der Waals surface area contributed by atoms with Gasteiger partial charge in [-0.15, -0.1) is 0 Å². The zero-order chi connectivity index (χ0) is 19.5. The minimum atomic E-state index is -1.37. The summed E-state index contributed by atoms with van der Waals surface area (Å²) in [6.07, 6.45) is 1.70. The van der Waals surface area contributed by atoms with Gasteiger partial charge in [0.2, 0.25) is 5.91 Å². The van der Waals surface area contributed by atoms with Crippen LogP contribution in [0, 0.1) is 10.1 Å². The van der Waals surface area contributed by atoms with Gasteiger partial charge in [0.25, 0.3) is 11.6 Å². The molecule has 0 saturated carbocycles. The van der Waals surface area contributed by atoms with E-state index >= 15 is 0 Å². The summed E-state index contributed by atoms with van der Waals surface area (Å²) in [6, 6.07) is 4.65. The Labute approximate surface area is 150 Å². The van der Waals surface area contributed by atoms with E-state index in [-0.39, 0.29) is 18.3 Å². The highest BCUT2D eigenvalue weighted by Gasteiger charge is 2.49. The number of non-ortho nitro benzene ring substituents is 1. The van der Waals surface area contributed by atoms with Crippen LogP contribution in [0.2, 0.25) is 0 Å². The predicted octanol–water partition coefficient (Wildman–Crippen LogP) is 1.67. The summed E-state index contributed by atoms with van der Waals surface area (Å²) in [5.41, 5.74) is -1.08. The SMILES string of the molecule is CCCC(C)NC(=O)CN1C(=O)NC(C)(c2ccc([N+](=O)[O-])cc2)C1=O.